The predicted octanol–water partition coefficient (Wildman–Crippen LogP) is 3.10. The zero-order chi connectivity index (χ0) is 15.2. The number of rotatable bonds is 6. The van der Waals surface area contributed by atoms with E-state index in [1.54, 1.807) is 6.20 Å². The summed E-state index contributed by atoms with van der Waals surface area (Å²) in [5, 5.41) is 4.17. The van der Waals surface area contributed by atoms with Gasteiger partial charge in [0.1, 0.15) is 5.82 Å². The maximum absolute atomic E-state index is 6.26. The molecule has 1 aliphatic heterocycles. The van der Waals surface area contributed by atoms with Gasteiger partial charge >= 0.3 is 0 Å². The van der Waals surface area contributed by atoms with Crippen LogP contribution in [0, 0.1) is 5.92 Å². The van der Waals surface area contributed by atoms with Gasteiger partial charge in [-0.1, -0.05) is 25.4 Å². The van der Waals surface area contributed by atoms with Crippen molar-refractivity contribution in [2.24, 2.45) is 5.92 Å². The average molecular weight is 312 g/mol. The van der Waals surface area contributed by atoms with Gasteiger partial charge in [-0.2, -0.15) is 0 Å². The highest BCUT2D eigenvalue weighted by atomic mass is 35.5. The van der Waals surface area contributed by atoms with Gasteiger partial charge in [0.05, 0.1) is 5.02 Å². The minimum absolute atomic E-state index is 0.504. The normalized spacial score (nSPS) is 16.4. The molecule has 0 amide bonds. The highest BCUT2D eigenvalue weighted by molar-refractivity contribution is 6.31. The standard InChI is InChI=1S/C16H26ClN3O/c1-12(2)9-18-10-13-8-16(19-11-15(13)17)20(3)14-4-6-21-7-5-14/h8,11-12,14,18H,4-7,9-10H2,1-3H3. The van der Waals surface area contributed by atoms with Crippen LogP contribution in [0.5, 0.6) is 0 Å². The van der Waals surface area contributed by atoms with Crippen molar-refractivity contribution in [2.45, 2.75) is 39.3 Å². The summed E-state index contributed by atoms with van der Waals surface area (Å²) >= 11 is 6.26. The Balaban J connectivity index is 2.02. The molecule has 1 saturated heterocycles. The molecule has 4 nitrogen and oxygen atoms in total. The number of anilines is 1. The van der Waals surface area contributed by atoms with Crippen LogP contribution < -0.4 is 10.2 Å². The molecule has 0 spiro atoms. The van der Waals surface area contributed by atoms with Gasteiger partial charge in [-0.15, -0.1) is 0 Å². The first-order valence-corrected chi connectivity index (χ1v) is 8.11. The number of hydrogen-bond acceptors (Lipinski definition) is 4. The lowest BCUT2D eigenvalue weighted by Gasteiger charge is -2.32. The molecule has 1 aromatic heterocycles. The van der Waals surface area contributed by atoms with Crippen molar-refractivity contribution in [3.05, 3.63) is 22.8 Å². The minimum Gasteiger partial charge on any atom is -0.381 e. The van der Waals surface area contributed by atoms with Gasteiger partial charge in [-0.3, -0.25) is 0 Å². The van der Waals surface area contributed by atoms with Crippen molar-refractivity contribution in [3.63, 3.8) is 0 Å². The van der Waals surface area contributed by atoms with E-state index in [9.17, 15) is 0 Å². The van der Waals surface area contributed by atoms with Gasteiger partial charge in [0.15, 0.2) is 0 Å². The van der Waals surface area contributed by atoms with Crippen LogP contribution in [0.25, 0.3) is 0 Å². The zero-order valence-corrected chi connectivity index (χ0v) is 14.0. The summed E-state index contributed by atoms with van der Waals surface area (Å²) in [7, 11) is 2.11. The van der Waals surface area contributed by atoms with Crippen LogP contribution in [0.3, 0.4) is 0 Å². The summed E-state index contributed by atoms with van der Waals surface area (Å²) in [6.45, 7) is 7.85. The number of hydrogen-bond donors (Lipinski definition) is 1. The van der Waals surface area contributed by atoms with Crippen molar-refractivity contribution >= 4 is 17.4 Å². The molecule has 1 aromatic rings. The molecule has 21 heavy (non-hydrogen) atoms. The van der Waals surface area contributed by atoms with Crippen LogP contribution in [0.15, 0.2) is 12.3 Å². The lowest BCUT2D eigenvalue weighted by atomic mass is 10.1. The molecule has 118 valence electrons. The first-order valence-electron chi connectivity index (χ1n) is 7.73. The van der Waals surface area contributed by atoms with E-state index in [0.717, 1.165) is 55.5 Å². The Kier molecular flexibility index (Phi) is 6.27. The SMILES string of the molecule is CC(C)CNCc1cc(N(C)C2CCOCC2)ncc1Cl. The van der Waals surface area contributed by atoms with E-state index in [0.29, 0.717) is 12.0 Å². The molecule has 2 heterocycles. The second-order valence-corrected chi connectivity index (χ2v) is 6.52. The third kappa shape index (κ3) is 4.83. The fourth-order valence-electron chi connectivity index (χ4n) is 2.55. The Bertz CT molecular complexity index is 447. The Hall–Kier alpha value is -0.840. The molecule has 0 unspecified atom stereocenters. The molecule has 1 fully saturated rings. The first kappa shape index (κ1) is 16.5. The summed E-state index contributed by atoms with van der Waals surface area (Å²) in [6.07, 6.45) is 3.88. The predicted molar refractivity (Wildman–Crippen MR) is 88.0 cm³/mol. The van der Waals surface area contributed by atoms with Crippen molar-refractivity contribution in [1.29, 1.82) is 0 Å². The summed E-state index contributed by atoms with van der Waals surface area (Å²) in [5.41, 5.74) is 1.11. The van der Waals surface area contributed by atoms with Crippen LogP contribution in [-0.2, 0) is 11.3 Å². The third-order valence-electron chi connectivity index (χ3n) is 3.89. The second kappa shape index (κ2) is 7.97. The van der Waals surface area contributed by atoms with E-state index in [-0.39, 0.29) is 0 Å². The molecule has 0 atom stereocenters. The van der Waals surface area contributed by atoms with E-state index >= 15 is 0 Å². The van der Waals surface area contributed by atoms with E-state index in [2.05, 4.69) is 42.2 Å². The molecule has 0 bridgehead atoms. The number of nitrogens with one attached hydrogen (secondary N) is 1. The first-order chi connectivity index (χ1) is 10.1. The number of nitrogens with zero attached hydrogens (tertiary/aromatic N) is 2. The quantitative estimate of drug-likeness (QED) is 0.876. The van der Waals surface area contributed by atoms with Crippen LogP contribution in [0.1, 0.15) is 32.3 Å². The maximum atomic E-state index is 6.26. The molecule has 1 aliphatic rings. The Morgan fingerprint density at radius 3 is 2.81 bits per heavy atom. The van der Waals surface area contributed by atoms with Crippen LogP contribution in [0.2, 0.25) is 5.02 Å². The molecule has 5 heteroatoms. The molecule has 0 radical (unpaired) electrons. The van der Waals surface area contributed by atoms with Gasteiger partial charge in [0.25, 0.3) is 0 Å². The van der Waals surface area contributed by atoms with Gasteiger partial charge < -0.3 is 15.0 Å². The molecule has 0 saturated carbocycles. The average Bonchev–Trinajstić information content (AvgIpc) is 2.49. The summed E-state index contributed by atoms with van der Waals surface area (Å²) in [6, 6.07) is 2.61. The van der Waals surface area contributed by atoms with Gasteiger partial charge in [-0.05, 0) is 36.9 Å². The molecule has 2 rings (SSSR count). The van der Waals surface area contributed by atoms with Crippen LogP contribution in [-0.4, -0.2) is 37.8 Å². The molecule has 1 N–H and O–H groups in total. The van der Waals surface area contributed by atoms with Crippen LogP contribution >= 0.6 is 11.6 Å². The minimum atomic E-state index is 0.504. The molecule has 0 aromatic carbocycles. The number of halogens is 1. The Morgan fingerprint density at radius 2 is 2.14 bits per heavy atom. The maximum Gasteiger partial charge on any atom is 0.128 e. The van der Waals surface area contributed by atoms with Gasteiger partial charge in [0.2, 0.25) is 0 Å². The fraction of sp³-hybridized carbons (Fsp3) is 0.688. The topological polar surface area (TPSA) is 37.4 Å². The smallest absolute Gasteiger partial charge is 0.128 e. The second-order valence-electron chi connectivity index (χ2n) is 6.11. The van der Waals surface area contributed by atoms with E-state index in [4.69, 9.17) is 16.3 Å². The summed E-state index contributed by atoms with van der Waals surface area (Å²) in [5.74, 6) is 1.63. The third-order valence-corrected chi connectivity index (χ3v) is 4.23. The zero-order valence-electron chi connectivity index (χ0n) is 13.2. The van der Waals surface area contributed by atoms with Crippen molar-refractivity contribution < 1.29 is 4.74 Å². The lowest BCUT2D eigenvalue weighted by Crippen LogP contribution is -2.37. The van der Waals surface area contributed by atoms with Crippen molar-refractivity contribution in [2.75, 3.05) is 31.7 Å². The van der Waals surface area contributed by atoms with Gasteiger partial charge in [0, 0.05) is 39.0 Å². The Morgan fingerprint density at radius 1 is 1.43 bits per heavy atom. The summed E-state index contributed by atoms with van der Waals surface area (Å²) < 4.78 is 5.43. The van der Waals surface area contributed by atoms with E-state index < -0.39 is 0 Å². The lowest BCUT2D eigenvalue weighted by molar-refractivity contribution is 0.0853. The number of ether oxygens (including phenoxy) is 1. The van der Waals surface area contributed by atoms with Crippen molar-refractivity contribution in [1.82, 2.24) is 10.3 Å². The summed E-state index contributed by atoms with van der Waals surface area (Å²) in [4.78, 5) is 6.74. The molecular formula is C16H26ClN3O. The molecular weight excluding hydrogens is 286 g/mol. The fourth-order valence-corrected chi connectivity index (χ4v) is 2.72. The van der Waals surface area contributed by atoms with E-state index in [1.165, 1.54) is 0 Å². The Labute approximate surface area is 132 Å². The molecule has 0 aliphatic carbocycles. The number of pyridine rings is 1. The van der Waals surface area contributed by atoms with E-state index in [1.807, 2.05) is 0 Å². The monoisotopic (exact) mass is 311 g/mol. The highest BCUT2D eigenvalue weighted by Gasteiger charge is 2.20. The largest absolute Gasteiger partial charge is 0.381 e. The van der Waals surface area contributed by atoms with Crippen LogP contribution in [0.4, 0.5) is 5.82 Å². The van der Waals surface area contributed by atoms with Gasteiger partial charge in [-0.25, -0.2) is 4.98 Å². The highest BCUT2D eigenvalue weighted by Crippen LogP contribution is 2.23. The van der Waals surface area contributed by atoms with Crippen molar-refractivity contribution in [3.8, 4) is 0 Å². The number of aromatic nitrogens is 1.